The molecule has 0 aromatic rings. The van der Waals surface area contributed by atoms with Crippen molar-refractivity contribution >= 4 is 11.8 Å². The van der Waals surface area contributed by atoms with E-state index in [1.54, 1.807) is 34.6 Å². The van der Waals surface area contributed by atoms with Crippen molar-refractivity contribution in [2.45, 2.75) is 136 Å². The molecule has 0 amide bonds. The van der Waals surface area contributed by atoms with Gasteiger partial charge in [0.2, 0.25) is 0 Å². The molecule has 0 aromatic heterocycles. The fourth-order valence-corrected chi connectivity index (χ4v) is 5.74. The molecule has 8 heteroatoms. The number of ether oxygens (including phenoxy) is 3. The van der Waals surface area contributed by atoms with E-state index in [0.717, 1.165) is 0 Å². The van der Waals surface area contributed by atoms with Gasteiger partial charge in [0, 0.05) is 18.8 Å². The molecule has 2 fully saturated rings. The maximum atomic E-state index is 13.3. The second kappa shape index (κ2) is 12.0. The maximum absolute atomic E-state index is 13.3. The summed E-state index contributed by atoms with van der Waals surface area (Å²) in [6, 6.07) is 0. The first-order valence-electron chi connectivity index (χ1n) is 13.2. The van der Waals surface area contributed by atoms with Gasteiger partial charge in [0.25, 0.3) is 0 Å². The molecule has 0 aromatic carbocycles. The molecular formula is C27H48O8. The molecule has 2 aliphatic heterocycles. The third-order valence-electron chi connectivity index (χ3n) is 7.99. The molecule has 11 atom stereocenters. The highest BCUT2D eigenvalue weighted by molar-refractivity contribution is 5.80. The summed E-state index contributed by atoms with van der Waals surface area (Å²) in [7, 11) is 0. The number of hydrogen-bond donors (Lipinski definition) is 3. The first-order valence-corrected chi connectivity index (χ1v) is 13.2. The van der Waals surface area contributed by atoms with Crippen molar-refractivity contribution in [3.63, 3.8) is 0 Å². The summed E-state index contributed by atoms with van der Waals surface area (Å²) < 4.78 is 18.1. The summed E-state index contributed by atoms with van der Waals surface area (Å²) >= 11 is 0. The Kier molecular flexibility index (Phi) is 10.3. The SMILES string of the molecule is CCC1OC(=O)C(C)C(O[C@H]2CC(C)[C@@H](O)C(C)O2)C(C)C[C@@](C)(O)CCC(=O)[C@H](C)C[C@]1(C)O. The predicted molar refractivity (Wildman–Crippen MR) is 131 cm³/mol. The van der Waals surface area contributed by atoms with Crippen molar-refractivity contribution in [1.29, 1.82) is 0 Å². The lowest BCUT2D eigenvalue weighted by atomic mass is 9.79. The largest absolute Gasteiger partial charge is 0.459 e. The summed E-state index contributed by atoms with van der Waals surface area (Å²) in [6.45, 7) is 14.3. The number of aliphatic hydroxyl groups is 3. The van der Waals surface area contributed by atoms with Gasteiger partial charge in [0.15, 0.2) is 6.29 Å². The van der Waals surface area contributed by atoms with Gasteiger partial charge in [-0.25, -0.2) is 0 Å². The minimum Gasteiger partial charge on any atom is -0.459 e. The summed E-state index contributed by atoms with van der Waals surface area (Å²) in [4.78, 5) is 26.1. The zero-order valence-corrected chi connectivity index (χ0v) is 22.8. The highest BCUT2D eigenvalue weighted by Crippen LogP contribution is 2.35. The van der Waals surface area contributed by atoms with Crippen molar-refractivity contribution in [2.75, 3.05) is 0 Å². The number of carbonyl (C=O) groups is 2. The van der Waals surface area contributed by atoms with Crippen molar-refractivity contribution in [1.82, 2.24) is 0 Å². The van der Waals surface area contributed by atoms with E-state index in [2.05, 4.69) is 0 Å². The van der Waals surface area contributed by atoms with E-state index in [9.17, 15) is 24.9 Å². The third-order valence-corrected chi connectivity index (χ3v) is 7.99. The molecule has 35 heavy (non-hydrogen) atoms. The van der Waals surface area contributed by atoms with Gasteiger partial charge in [-0.2, -0.15) is 0 Å². The number of rotatable bonds is 3. The first-order chi connectivity index (χ1) is 16.1. The van der Waals surface area contributed by atoms with E-state index in [0.29, 0.717) is 19.3 Å². The molecule has 6 unspecified atom stereocenters. The standard InChI is InChI=1S/C27H48O8/c1-9-21-27(8,32)14-16(3)20(28)10-11-26(7,31)13-17(4)24(18(5)25(30)34-21)35-22-12-15(2)23(29)19(6)33-22/h15-19,21-24,29,31-32H,9-14H2,1-8H3/t15?,16-,17?,18?,19?,21?,22+,23-,24?,26+,27+/m1/s1. The van der Waals surface area contributed by atoms with Crippen LogP contribution < -0.4 is 0 Å². The van der Waals surface area contributed by atoms with Crippen LogP contribution in [0.15, 0.2) is 0 Å². The van der Waals surface area contributed by atoms with E-state index in [1.165, 1.54) is 0 Å². The molecule has 2 aliphatic rings. The second-order valence-electron chi connectivity index (χ2n) is 11.8. The van der Waals surface area contributed by atoms with Crippen LogP contribution in [0.5, 0.6) is 0 Å². The number of carbonyl (C=O) groups excluding carboxylic acids is 2. The van der Waals surface area contributed by atoms with Crippen LogP contribution in [0, 0.1) is 23.7 Å². The normalized spacial score (nSPS) is 47.1. The van der Waals surface area contributed by atoms with Crippen LogP contribution in [0.2, 0.25) is 0 Å². The first kappa shape index (κ1) is 30.2. The Hall–Kier alpha value is -1.06. The Balaban J connectivity index is 2.35. The lowest BCUT2D eigenvalue weighted by molar-refractivity contribution is -0.262. The van der Waals surface area contributed by atoms with Crippen molar-refractivity contribution in [3.8, 4) is 0 Å². The Morgan fingerprint density at radius 3 is 2.23 bits per heavy atom. The van der Waals surface area contributed by atoms with Crippen molar-refractivity contribution < 1.29 is 39.1 Å². The van der Waals surface area contributed by atoms with Gasteiger partial charge in [-0.1, -0.05) is 27.7 Å². The number of esters is 1. The minimum absolute atomic E-state index is 0.0319. The summed E-state index contributed by atoms with van der Waals surface area (Å²) in [5, 5.41) is 32.5. The Labute approximate surface area is 210 Å². The van der Waals surface area contributed by atoms with E-state index in [1.807, 2.05) is 20.8 Å². The van der Waals surface area contributed by atoms with Gasteiger partial charge >= 0.3 is 5.97 Å². The summed E-state index contributed by atoms with van der Waals surface area (Å²) in [6.07, 6.45) is -1.15. The number of aliphatic hydroxyl groups excluding tert-OH is 1. The zero-order valence-electron chi connectivity index (χ0n) is 22.8. The highest BCUT2D eigenvalue weighted by Gasteiger charge is 2.43. The smallest absolute Gasteiger partial charge is 0.311 e. The monoisotopic (exact) mass is 500 g/mol. The van der Waals surface area contributed by atoms with Gasteiger partial charge in [0.1, 0.15) is 11.9 Å². The van der Waals surface area contributed by atoms with Crippen molar-refractivity contribution in [2.24, 2.45) is 23.7 Å². The third kappa shape index (κ3) is 7.96. The molecule has 0 bridgehead atoms. The molecular weight excluding hydrogens is 452 g/mol. The van der Waals surface area contributed by atoms with Crippen LogP contribution in [0.4, 0.5) is 0 Å². The fraction of sp³-hybridized carbons (Fsp3) is 0.926. The van der Waals surface area contributed by atoms with E-state index < -0.39 is 59.7 Å². The second-order valence-corrected chi connectivity index (χ2v) is 11.8. The fourth-order valence-electron chi connectivity index (χ4n) is 5.74. The Morgan fingerprint density at radius 1 is 1.03 bits per heavy atom. The van der Waals surface area contributed by atoms with Crippen LogP contribution in [0.3, 0.4) is 0 Å². The zero-order chi connectivity index (χ0) is 26.7. The molecule has 0 spiro atoms. The maximum Gasteiger partial charge on any atom is 0.311 e. The molecule has 2 heterocycles. The molecule has 2 saturated heterocycles. The predicted octanol–water partition coefficient (Wildman–Crippen LogP) is 3.38. The molecule has 204 valence electrons. The average molecular weight is 501 g/mol. The Bertz CT molecular complexity index is 708. The molecule has 0 aliphatic carbocycles. The molecule has 2 rings (SSSR count). The van der Waals surface area contributed by atoms with E-state index in [-0.39, 0.29) is 36.9 Å². The number of hydrogen-bond acceptors (Lipinski definition) is 8. The van der Waals surface area contributed by atoms with Gasteiger partial charge in [-0.05, 0) is 65.2 Å². The van der Waals surface area contributed by atoms with E-state index >= 15 is 0 Å². The summed E-state index contributed by atoms with van der Waals surface area (Å²) in [5.74, 6) is -1.93. The van der Waals surface area contributed by atoms with E-state index in [4.69, 9.17) is 14.2 Å². The van der Waals surface area contributed by atoms with Gasteiger partial charge in [0.05, 0.1) is 35.4 Å². The topological polar surface area (TPSA) is 123 Å². The quantitative estimate of drug-likeness (QED) is 0.504. The Morgan fingerprint density at radius 2 is 1.66 bits per heavy atom. The van der Waals surface area contributed by atoms with Gasteiger partial charge < -0.3 is 29.5 Å². The molecule has 0 saturated carbocycles. The minimum atomic E-state index is -1.37. The molecule has 0 radical (unpaired) electrons. The highest BCUT2D eigenvalue weighted by atomic mass is 16.7. The molecule has 8 nitrogen and oxygen atoms in total. The molecule has 3 N–H and O–H groups in total. The lowest BCUT2D eigenvalue weighted by Crippen LogP contribution is -2.49. The lowest BCUT2D eigenvalue weighted by Gasteiger charge is -2.41. The number of ketones is 1. The van der Waals surface area contributed by atoms with Crippen LogP contribution in [-0.2, 0) is 23.8 Å². The van der Waals surface area contributed by atoms with Gasteiger partial charge in [-0.15, -0.1) is 0 Å². The average Bonchev–Trinajstić information content (AvgIpc) is 2.75. The summed E-state index contributed by atoms with van der Waals surface area (Å²) in [5.41, 5.74) is -2.51. The van der Waals surface area contributed by atoms with Crippen LogP contribution in [0.1, 0.15) is 93.9 Å². The van der Waals surface area contributed by atoms with Crippen LogP contribution in [0.25, 0.3) is 0 Å². The van der Waals surface area contributed by atoms with Gasteiger partial charge in [-0.3, -0.25) is 9.59 Å². The number of cyclic esters (lactones) is 1. The number of Topliss-reactive ketones (excluding diaryl/α,β-unsaturated/α-hetero) is 1. The van der Waals surface area contributed by atoms with Crippen LogP contribution >= 0.6 is 0 Å². The van der Waals surface area contributed by atoms with Crippen LogP contribution in [-0.4, -0.2) is 69.0 Å². The van der Waals surface area contributed by atoms with Crippen molar-refractivity contribution in [3.05, 3.63) is 0 Å².